The third-order valence-electron chi connectivity index (χ3n) is 2.83. The molecule has 108 valence electrons. The fraction of sp³-hybridized carbons (Fsp3) is 0.250. The number of aryl methyl sites for hydroxylation is 1. The first-order chi connectivity index (χ1) is 9.35. The zero-order valence-corrected chi connectivity index (χ0v) is 13.2. The van der Waals surface area contributed by atoms with Gasteiger partial charge >= 0.3 is 0 Å². The second-order valence-electron chi connectivity index (χ2n) is 4.14. The highest BCUT2D eigenvalue weighted by atomic mass is 35.5. The Balaban J connectivity index is 2.40. The molecule has 2 rings (SSSR count). The summed E-state index contributed by atoms with van der Waals surface area (Å²) in [5, 5.41) is 4.50. The quantitative estimate of drug-likeness (QED) is 0.933. The number of sulfonamides is 1. The predicted molar refractivity (Wildman–Crippen MR) is 79.9 cm³/mol. The van der Waals surface area contributed by atoms with Crippen molar-refractivity contribution in [1.29, 1.82) is 0 Å². The first kappa shape index (κ1) is 15.2. The van der Waals surface area contributed by atoms with Gasteiger partial charge in [0.2, 0.25) is 0 Å². The first-order valence-electron chi connectivity index (χ1n) is 5.85. The largest absolute Gasteiger partial charge is 0.276 e. The third-order valence-corrected chi connectivity index (χ3v) is 4.91. The second kappa shape index (κ2) is 5.63. The summed E-state index contributed by atoms with van der Waals surface area (Å²) in [5.41, 5.74) is 1.15. The van der Waals surface area contributed by atoms with Gasteiger partial charge in [0.1, 0.15) is 4.90 Å². The smallest absolute Gasteiger partial charge is 0.263 e. The van der Waals surface area contributed by atoms with Crippen LogP contribution in [0.1, 0.15) is 12.6 Å². The average Bonchev–Trinajstić information content (AvgIpc) is 2.73. The van der Waals surface area contributed by atoms with E-state index in [4.69, 9.17) is 23.2 Å². The van der Waals surface area contributed by atoms with E-state index < -0.39 is 10.0 Å². The minimum atomic E-state index is -3.80. The number of nitrogens with zero attached hydrogens (tertiary/aromatic N) is 2. The van der Waals surface area contributed by atoms with Crippen molar-refractivity contribution in [3.63, 3.8) is 0 Å². The van der Waals surface area contributed by atoms with E-state index in [1.54, 1.807) is 11.6 Å². The normalized spacial score (nSPS) is 11.6. The fourth-order valence-electron chi connectivity index (χ4n) is 1.75. The molecule has 0 fully saturated rings. The molecule has 1 aromatic heterocycles. The summed E-state index contributed by atoms with van der Waals surface area (Å²) in [4.78, 5) is -0.0599. The van der Waals surface area contributed by atoms with Gasteiger partial charge in [0.05, 0.1) is 22.6 Å². The first-order valence-corrected chi connectivity index (χ1v) is 8.09. The van der Waals surface area contributed by atoms with Crippen LogP contribution in [0.3, 0.4) is 0 Å². The number of rotatable bonds is 4. The van der Waals surface area contributed by atoms with Gasteiger partial charge in [-0.15, -0.1) is 0 Å². The Labute approximate surface area is 127 Å². The highest BCUT2D eigenvalue weighted by Gasteiger charge is 2.20. The molecule has 5 nitrogen and oxygen atoms in total. The zero-order chi connectivity index (χ0) is 14.9. The Morgan fingerprint density at radius 2 is 2.05 bits per heavy atom. The standard InChI is InChI=1S/C12H13Cl2N3O2S/c1-3-17-8(2)11(7-15-17)16-20(18,19)12-6-9(13)4-5-10(12)14/h4-7,16H,3H2,1-2H3. The van der Waals surface area contributed by atoms with Gasteiger partial charge in [0, 0.05) is 11.6 Å². The van der Waals surface area contributed by atoms with Crippen LogP contribution in [0.15, 0.2) is 29.3 Å². The molecule has 2 aromatic rings. The van der Waals surface area contributed by atoms with Gasteiger partial charge in [-0.05, 0) is 32.0 Å². The minimum Gasteiger partial charge on any atom is -0.276 e. The molecule has 0 saturated carbocycles. The number of hydrogen-bond donors (Lipinski definition) is 1. The molecule has 1 N–H and O–H groups in total. The van der Waals surface area contributed by atoms with Crippen LogP contribution < -0.4 is 4.72 Å². The molecular formula is C12H13Cl2N3O2S. The van der Waals surface area contributed by atoms with E-state index in [9.17, 15) is 8.42 Å². The van der Waals surface area contributed by atoms with E-state index in [-0.39, 0.29) is 9.92 Å². The van der Waals surface area contributed by atoms with Gasteiger partial charge in [0.25, 0.3) is 10.0 Å². The molecule has 0 unspecified atom stereocenters. The van der Waals surface area contributed by atoms with Crippen molar-refractivity contribution in [2.75, 3.05) is 4.72 Å². The van der Waals surface area contributed by atoms with Crippen molar-refractivity contribution >= 4 is 38.9 Å². The maximum atomic E-state index is 12.3. The van der Waals surface area contributed by atoms with Crippen molar-refractivity contribution in [2.24, 2.45) is 0 Å². The molecule has 1 aromatic carbocycles. The molecule has 8 heteroatoms. The maximum absolute atomic E-state index is 12.3. The highest BCUT2D eigenvalue weighted by molar-refractivity contribution is 7.92. The van der Waals surface area contributed by atoms with E-state index >= 15 is 0 Å². The number of anilines is 1. The molecule has 0 saturated heterocycles. The molecule has 0 aliphatic rings. The number of hydrogen-bond acceptors (Lipinski definition) is 3. The lowest BCUT2D eigenvalue weighted by molar-refractivity contribution is 0.601. The summed E-state index contributed by atoms with van der Waals surface area (Å²) < 4.78 is 28.8. The molecule has 0 amide bonds. The van der Waals surface area contributed by atoms with E-state index in [1.807, 2.05) is 6.92 Å². The molecule has 0 bridgehead atoms. The Hall–Kier alpha value is -1.24. The van der Waals surface area contributed by atoms with Gasteiger partial charge in [-0.2, -0.15) is 5.10 Å². The van der Waals surface area contributed by atoms with Crippen LogP contribution in [0.2, 0.25) is 10.0 Å². The molecule has 0 atom stereocenters. The Kier molecular flexibility index (Phi) is 4.27. The van der Waals surface area contributed by atoms with Gasteiger partial charge in [-0.3, -0.25) is 9.40 Å². The second-order valence-corrected chi connectivity index (χ2v) is 6.63. The van der Waals surface area contributed by atoms with Gasteiger partial charge < -0.3 is 0 Å². The third kappa shape index (κ3) is 2.92. The lowest BCUT2D eigenvalue weighted by Gasteiger charge is -2.09. The van der Waals surface area contributed by atoms with E-state index in [0.717, 1.165) is 5.69 Å². The molecular weight excluding hydrogens is 321 g/mol. The van der Waals surface area contributed by atoms with E-state index in [0.29, 0.717) is 17.3 Å². The summed E-state index contributed by atoms with van der Waals surface area (Å²) in [6, 6.07) is 4.29. The summed E-state index contributed by atoms with van der Waals surface area (Å²) in [6.45, 7) is 4.37. The Morgan fingerprint density at radius 3 is 2.65 bits per heavy atom. The van der Waals surface area contributed by atoms with Crippen molar-refractivity contribution in [3.05, 3.63) is 40.1 Å². The van der Waals surface area contributed by atoms with Gasteiger partial charge in [-0.25, -0.2) is 8.42 Å². The number of halogens is 2. The highest BCUT2D eigenvalue weighted by Crippen LogP contribution is 2.27. The predicted octanol–water partition coefficient (Wildman–Crippen LogP) is 3.32. The van der Waals surface area contributed by atoms with E-state index in [1.165, 1.54) is 24.4 Å². The molecule has 0 spiro atoms. The van der Waals surface area contributed by atoms with Crippen LogP contribution >= 0.6 is 23.2 Å². The van der Waals surface area contributed by atoms with Crippen molar-refractivity contribution in [1.82, 2.24) is 9.78 Å². The molecule has 0 aliphatic carbocycles. The van der Waals surface area contributed by atoms with Crippen LogP contribution in [0.5, 0.6) is 0 Å². The fourth-order valence-corrected chi connectivity index (χ4v) is 3.61. The van der Waals surface area contributed by atoms with Crippen LogP contribution in [0.25, 0.3) is 0 Å². The van der Waals surface area contributed by atoms with Crippen molar-refractivity contribution in [2.45, 2.75) is 25.3 Å². The zero-order valence-electron chi connectivity index (χ0n) is 10.9. The topological polar surface area (TPSA) is 64.0 Å². The van der Waals surface area contributed by atoms with Crippen molar-refractivity contribution < 1.29 is 8.42 Å². The van der Waals surface area contributed by atoms with Crippen LogP contribution in [0.4, 0.5) is 5.69 Å². The van der Waals surface area contributed by atoms with E-state index in [2.05, 4.69) is 9.82 Å². The summed E-state index contributed by atoms with van der Waals surface area (Å²) in [6.07, 6.45) is 1.47. The van der Waals surface area contributed by atoms with Crippen molar-refractivity contribution in [3.8, 4) is 0 Å². The van der Waals surface area contributed by atoms with Crippen LogP contribution in [-0.4, -0.2) is 18.2 Å². The molecule has 0 radical (unpaired) electrons. The van der Waals surface area contributed by atoms with Gasteiger partial charge in [0.15, 0.2) is 0 Å². The maximum Gasteiger partial charge on any atom is 0.263 e. The number of benzene rings is 1. The number of aromatic nitrogens is 2. The lowest BCUT2D eigenvalue weighted by atomic mass is 10.4. The SMILES string of the molecule is CCn1ncc(NS(=O)(=O)c2cc(Cl)ccc2Cl)c1C. The number of nitrogens with one attached hydrogen (secondary N) is 1. The molecule has 20 heavy (non-hydrogen) atoms. The lowest BCUT2D eigenvalue weighted by Crippen LogP contribution is -2.14. The molecule has 1 heterocycles. The monoisotopic (exact) mass is 333 g/mol. The molecule has 0 aliphatic heterocycles. The summed E-state index contributed by atoms with van der Waals surface area (Å²) in [5.74, 6) is 0. The Morgan fingerprint density at radius 1 is 1.35 bits per heavy atom. The minimum absolute atomic E-state index is 0.0599. The summed E-state index contributed by atoms with van der Waals surface area (Å²) >= 11 is 11.7. The Bertz CT molecular complexity index is 741. The van der Waals surface area contributed by atoms with Crippen LogP contribution in [-0.2, 0) is 16.6 Å². The van der Waals surface area contributed by atoms with Gasteiger partial charge in [-0.1, -0.05) is 23.2 Å². The van der Waals surface area contributed by atoms with Crippen LogP contribution in [0, 0.1) is 6.92 Å². The average molecular weight is 334 g/mol. The summed E-state index contributed by atoms with van der Waals surface area (Å²) in [7, 11) is -3.80.